The van der Waals surface area contributed by atoms with Crippen molar-refractivity contribution in [1.29, 1.82) is 0 Å². The number of hydrogen-bond donors (Lipinski definition) is 0. The van der Waals surface area contributed by atoms with Crippen LogP contribution in [0.1, 0.15) is 31.2 Å². The molecule has 0 radical (unpaired) electrons. The van der Waals surface area contributed by atoms with Crippen molar-refractivity contribution in [2.24, 2.45) is 5.92 Å². The fourth-order valence-electron chi connectivity index (χ4n) is 4.01. The second-order valence-corrected chi connectivity index (χ2v) is 7.70. The number of rotatable bonds is 7. The summed E-state index contributed by atoms with van der Waals surface area (Å²) in [6.45, 7) is 2.22. The van der Waals surface area contributed by atoms with Gasteiger partial charge in [-0.05, 0) is 43.9 Å². The molecule has 0 atom stereocenters. The largest absolute Gasteiger partial charge is 0.497 e. The van der Waals surface area contributed by atoms with Crippen LogP contribution in [0.15, 0.2) is 36.8 Å². The third-order valence-corrected chi connectivity index (χ3v) is 5.82. The Hall–Kier alpha value is -2.83. The zero-order valence-corrected chi connectivity index (χ0v) is 17.1. The number of hydrogen-bond acceptors (Lipinski definition) is 6. The van der Waals surface area contributed by atoms with Gasteiger partial charge in [0.2, 0.25) is 5.91 Å². The van der Waals surface area contributed by atoms with E-state index >= 15 is 0 Å². The van der Waals surface area contributed by atoms with Crippen molar-refractivity contribution < 1.29 is 14.3 Å². The van der Waals surface area contributed by atoms with Crippen molar-refractivity contribution in [2.45, 2.75) is 38.3 Å². The Morgan fingerprint density at radius 2 is 1.93 bits per heavy atom. The maximum atomic E-state index is 13.4. The van der Waals surface area contributed by atoms with E-state index in [0.717, 1.165) is 61.7 Å². The number of nitrogens with zero attached hydrogens (tertiary/aromatic N) is 4. The molecule has 0 spiro atoms. The average molecular weight is 396 g/mol. The molecular weight excluding hydrogens is 368 g/mol. The first-order valence-electron chi connectivity index (χ1n) is 10.2. The highest BCUT2D eigenvalue weighted by molar-refractivity contribution is 5.80. The number of carbonyl (C=O) groups is 1. The first-order valence-corrected chi connectivity index (χ1v) is 10.2. The fraction of sp³-hybridized carbons (Fsp3) is 0.500. The van der Waals surface area contributed by atoms with E-state index < -0.39 is 0 Å². The molecule has 2 aliphatic rings. The zero-order valence-electron chi connectivity index (χ0n) is 17.1. The molecule has 1 aliphatic carbocycles. The van der Waals surface area contributed by atoms with Crippen molar-refractivity contribution in [3.63, 3.8) is 0 Å². The van der Waals surface area contributed by atoms with Gasteiger partial charge in [0.25, 0.3) is 0 Å². The minimum atomic E-state index is 0.0557. The topological polar surface area (TPSA) is 67.8 Å². The van der Waals surface area contributed by atoms with Crippen LogP contribution in [0.3, 0.4) is 0 Å². The molecule has 1 saturated heterocycles. The van der Waals surface area contributed by atoms with E-state index in [0.29, 0.717) is 12.6 Å². The van der Waals surface area contributed by atoms with Crippen molar-refractivity contribution in [3.8, 4) is 11.5 Å². The maximum Gasteiger partial charge on any atom is 0.226 e. The highest BCUT2D eigenvalue weighted by atomic mass is 16.5. The predicted molar refractivity (Wildman–Crippen MR) is 110 cm³/mol. The molecule has 2 heterocycles. The molecule has 29 heavy (non-hydrogen) atoms. The molecule has 2 aromatic rings. The van der Waals surface area contributed by atoms with Crippen LogP contribution in [0.2, 0.25) is 0 Å². The summed E-state index contributed by atoms with van der Waals surface area (Å²) in [6, 6.07) is 6.10. The first-order chi connectivity index (χ1) is 14.2. The Labute approximate surface area is 171 Å². The van der Waals surface area contributed by atoms with Gasteiger partial charge >= 0.3 is 0 Å². The lowest BCUT2D eigenvalue weighted by molar-refractivity contribution is -0.137. The second-order valence-electron chi connectivity index (χ2n) is 7.70. The quantitative estimate of drug-likeness (QED) is 0.717. The molecular formula is C22H28N4O3. The number of benzene rings is 1. The van der Waals surface area contributed by atoms with Gasteiger partial charge in [-0.2, -0.15) is 0 Å². The number of methoxy groups -OCH3 is 2. The van der Waals surface area contributed by atoms with Gasteiger partial charge in [-0.15, -0.1) is 0 Å². The van der Waals surface area contributed by atoms with Gasteiger partial charge in [0.1, 0.15) is 17.3 Å². The third-order valence-electron chi connectivity index (χ3n) is 5.82. The van der Waals surface area contributed by atoms with Crippen LogP contribution < -0.4 is 14.4 Å². The average Bonchev–Trinajstić information content (AvgIpc) is 3.63. The summed E-state index contributed by atoms with van der Waals surface area (Å²) in [7, 11) is 3.32. The van der Waals surface area contributed by atoms with E-state index in [1.54, 1.807) is 32.8 Å². The maximum absolute atomic E-state index is 13.4. The Kier molecular flexibility index (Phi) is 5.83. The van der Waals surface area contributed by atoms with E-state index in [9.17, 15) is 4.79 Å². The molecule has 0 bridgehead atoms. The molecule has 0 N–H and O–H groups in total. The summed E-state index contributed by atoms with van der Waals surface area (Å²) in [5, 5.41) is 0. The molecule has 7 nitrogen and oxygen atoms in total. The summed E-state index contributed by atoms with van der Waals surface area (Å²) in [5.74, 6) is 2.78. The van der Waals surface area contributed by atoms with Gasteiger partial charge in [-0.25, -0.2) is 4.98 Å². The minimum Gasteiger partial charge on any atom is -0.497 e. The van der Waals surface area contributed by atoms with Crippen LogP contribution in [0.4, 0.5) is 5.82 Å². The van der Waals surface area contributed by atoms with Gasteiger partial charge < -0.3 is 19.3 Å². The van der Waals surface area contributed by atoms with Crippen molar-refractivity contribution in [2.75, 3.05) is 32.2 Å². The van der Waals surface area contributed by atoms with E-state index in [2.05, 4.69) is 19.8 Å². The van der Waals surface area contributed by atoms with Crippen LogP contribution in [0.5, 0.6) is 11.5 Å². The highest BCUT2D eigenvalue weighted by Gasteiger charge is 2.37. The van der Waals surface area contributed by atoms with Gasteiger partial charge in [-0.3, -0.25) is 9.78 Å². The summed E-state index contributed by atoms with van der Waals surface area (Å²) in [5.41, 5.74) is 0.990. The van der Waals surface area contributed by atoms with Crippen molar-refractivity contribution in [1.82, 2.24) is 14.9 Å². The molecule has 0 unspecified atom stereocenters. The Morgan fingerprint density at radius 3 is 2.55 bits per heavy atom. The molecule has 1 amide bonds. The minimum absolute atomic E-state index is 0.0557. The van der Waals surface area contributed by atoms with Gasteiger partial charge in [0.05, 0.1) is 20.4 Å². The molecule has 4 rings (SSSR count). The SMILES string of the molecule is COc1ccc(OC)c(CN(C(=O)C2CCN(c3cnccn3)CC2)C2CC2)c1. The molecule has 2 fully saturated rings. The molecule has 7 heteroatoms. The van der Waals surface area contributed by atoms with Crippen LogP contribution in [-0.4, -0.2) is 54.1 Å². The third kappa shape index (κ3) is 4.44. The predicted octanol–water partition coefficient (Wildman–Crippen LogP) is 2.90. The van der Waals surface area contributed by atoms with Crippen LogP contribution in [0.25, 0.3) is 0 Å². The summed E-state index contributed by atoms with van der Waals surface area (Å²) >= 11 is 0. The van der Waals surface area contributed by atoms with Gasteiger partial charge in [-0.1, -0.05) is 0 Å². The molecule has 1 saturated carbocycles. The number of carbonyl (C=O) groups excluding carboxylic acids is 1. The smallest absolute Gasteiger partial charge is 0.226 e. The monoisotopic (exact) mass is 396 g/mol. The number of aromatic nitrogens is 2. The summed E-state index contributed by atoms with van der Waals surface area (Å²) < 4.78 is 10.9. The van der Waals surface area contributed by atoms with E-state index in [1.165, 1.54) is 0 Å². The molecule has 1 aromatic carbocycles. The number of amides is 1. The lowest BCUT2D eigenvalue weighted by Crippen LogP contribution is -2.43. The highest BCUT2D eigenvalue weighted by Crippen LogP contribution is 2.34. The van der Waals surface area contributed by atoms with Crippen LogP contribution in [-0.2, 0) is 11.3 Å². The lowest BCUT2D eigenvalue weighted by Gasteiger charge is -2.35. The molecule has 1 aromatic heterocycles. The molecule has 154 valence electrons. The zero-order chi connectivity index (χ0) is 20.2. The first kappa shape index (κ1) is 19.5. The number of piperidine rings is 1. The van der Waals surface area contributed by atoms with Crippen LogP contribution in [0, 0.1) is 5.92 Å². The van der Waals surface area contributed by atoms with Crippen molar-refractivity contribution >= 4 is 11.7 Å². The lowest BCUT2D eigenvalue weighted by atomic mass is 9.95. The standard InChI is InChI=1S/C22H28N4O3/c1-28-19-5-6-20(29-2)17(13-19)15-26(18-3-4-18)22(27)16-7-11-25(12-8-16)21-14-23-9-10-24-21/h5-6,9-10,13-14,16,18H,3-4,7-8,11-12,15H2,1-2H3. The van der Waals surface area contributed by atoms with Gasteiger partial charge in [0, 0.05) is 49.6 Å². The Bertz CT molecular complexity index is 833. The van der Waals surface area contributed by atoms with E-state index in [4.69, 9.17) is 9.47 Å². The van der Waals surface area contributed by atoms with E-state index in [-0.39, 0.29) is 11.8 Å². The van der Waals surface area contributed by atoms with Crippen molar-refractivity contribution in [3.05, 3.63) is 42.4 Å². The second kappa shape index (κ2) is 8.68. The summed E-state index contributed by atoms with van der Waals surface area (Å²) in [6.07, 6.45) is 9.02. The Balaban J connectivity index is 1.44. The molecule has 1 aliphatic heterocycles. The van der Waals surface area contributed by atoms with Crippen LogP contribution >= 0.6 is 0 Å². The normalized spacial score (nSPS) is 17.1. The van der Waals surface area contributed by atoms with E-state index in [1.807, 2.05) is 18.2 Å². The number of ether oxygens (including phenoxy) is 2. The Morgan fingerprint density at radius 1 is 1.14 bits per heavy atom. The van der Waals surface area contributed by atoms with Gasteiger partial charge in [0.15, 0.2) is 0 Å². The number of anilines is 1. The fourth-order valence-corrected chi connectivity index (χ4v) is 4.01. The summed E-state index contributed by atoms with van der Waals surface area (Å²) in [4.78, 5) is 26.2.